The highest BCUT2D eigenvalue weighted by molar-refractivity contribution is 7.19. The highest BCUT2D eigenvalue weighted by Gasteiger charge is 2.18. The Balaban J connectivity index is 1.86. The maximum absolute atomic E-state index is 12.9. The summed E-state index contributed by atoms with van der Waals surface area (Å²) in [6.45, 7) is 5.72. The van der Waals surface area contributed by atoms with Crippen LogP contribution in [0.5, 0.6) is 0 Å². The van der Waals surface area contributed by atoms with Crippen LogP contribution < -0.4 is 16.2 Å². The average Bonchev–Trinajstić information content (AvgIpc) is 3.23. The van der Waals surface area contributed by atoms with Crippen LogP contribution in [0.25, 0.3) is 20.7 Å². The van der Waals surface area contributed by atoms with Crippen LogP contribution in [0.4, 0.5) is 0 Å². The van der Waals surface area contributed by atoms with Crippen molar-refractivity contribution >= 4 is 44.7 Å². The Bertz CT molecular complexity index is 1050. The fourth-order valence-electron chi connectivity index (χ4n) is 2.68. The van der Waals surface area contributed by atoms with Crippen molar-refractivity contribution in [3.8, 4) is 10.4 Å². The molecule has 9 heteroatoms. The number of nitrogens with one attached hydrogen (secondary N) is 2. The predicted molar refractivity (Wildman–Crippen MR) is 108 cm³/mol. The summed E-state index contributed by atoms with van der Waals surface area (Å²) < 4.78 is 1.28. The number of carbonyl (C=O) groups excluding carboxylic acids is 2. The third kappa shape index (κ3) is 4.09. The second kappa shape index (κ2) is 8.01. The van der Waals surface area contributed by atoms with E-state index in [0.29, 0.717) is 16.8 Å². The van der Waals surface area contributed by atoms with Gasteiger partial charge in [-0.05, 0) is 32.9 Å². The number of fused-ring (bicyclic) bond motifs is 1. The molecule has 0 aliphatic heterocycles. The normalized spacial score (nSPS) is 12.1. The lowest BCUT2D eigenvalue weighted by molar-refractivity contribution is -0.128. The average molecular weight is 405 g/mol. The molecule has 0 aliphatic rings. The largest absolute Gasteiger partial charge is 0.355 e. The number of likely N-dealkylation sites (N-methyl/N-ethyl adjacent to an activating group) is 1. The first-order chi connectivity index (χ1) is 12.9. The molecule has 27 heavy (non-hydrogen) atoms. The summed E-state index contributed by atoms with van der Waals surface area (Å²) in [7, 11) is 0. The molecule has 142 valence electrons. The number of thiophene rings is 2. The molecular weight excluding hydrogens is 384 g/mol. The molecule has 0 spiro atoms. The minimum atomic E-state index is -0.671. The van der Waals surface area contributed by atoms with E-state index in [0.717, 1.165) is 15.3 Å². The zero-order valence-electron chi connectivity index (χ0n) is 15.2. The highest BCUT2D eigenvalue weighted by atomic mass is 32.1. The van der Waals surface area contributed by atoms with Gasteiger partial charge in [-0.1, -0.05) is 0 Å². The first-order valence-electron chi connectivity index (χ1n) is 8.51. The number of nitrogens with zero attached hydrogens (tertiary/aromatic N) is 2. The van der Waals surface area contributed by atoms with Crippen LogP contribution in [0.1, 0.15) is 18.7 Å². The van der Waals surface area contributed by atoms with Crippen molar-refractivity contribution in [3.63, 3.8) is 0 Å². The summed E-state index contributed by atoms with van der Waals surface area (Å²) in [5, 5.41) is 7.68. The first-order valence-corrected chi connectivity index (χ1v) is 10.2. The quantitative estimate of drug-likeness (QED) is 0.658. The molecule has 3 aromatic rings. The van der Waals surface area contributed by atoms with Gasteiger partial charge in [0.15, 0.2) is 0 Å². The number of aromatic nitrogens is 2. The second-order valence-electron chi connectivity index (χ2n) is 6.10. The van der Waals surface area contributed by atoms with Crippen molar-refractivity contribution in [2.24, 2.45) is 0 Å². The van der Waals surface area contributed by atoms with Gasteiger partial charge in [0.2, 0.25) is 11.8 Å². The molecule has 0 saturated heterocycles. The van der Waals surface area contributed by atoms with Gasteiger partial charge in [0.1, 0.15) is 17.4 Å². The van der Waals surface area contributed by atoms with Gasteiger partial charge < -0.3 is 10.6 Å². The van der Waals surface area contributed by atoms with Crippen molar-refractivity contribution in [2.45, 2.75) is 33.4 Å². The topological polar surface area (TPSA) is 93.1 Å². The zero-order chi connectivity index (χ0) is 19.6. The SMILES string of the molecule is CCNC(=O)[C@@H](C)NC(=O)Cn1cnc2scc(-c3ccc(C)s3)c2c1=O. The van der Waals surface area contributed by atoms with Crippen LogP contribution >= 0.6 is 22.7 Å². The maximum Gasteiger partial charge on any atom is 0.263 e. The minimum Gasteiger partial charge on any atom is -0.355 e. The Morgan fingerprint density at radius 3 is 2.78 bits per heavy atom. The molecule has 0 saturated carbocycles. The molecule has 3 rings (SSSR count). The molecule has 1 atom stereocenters. The van der Waals surface area contributed by atoms with Crippen molar-refractivity contribution < 1.29 is 9.59 Å². The molecular formula is C18H20N4O3S2. The number of carbonyl (C=O) groups is 2. The summed E-state index contributed by atoms with van der Waals surface area (Å²) in [5.41, 5.74) is 0.583. The van der Waals surface area contributed by atoms with Crippen molar-refractivity contribution in [2.75, 3.05) is 6.54 Å². The van der Waals surface area contributed by atoms with Gasteiger partial charge in [-0.25, -0.2) is 4.98 Å². The number of hydrogen-bond donors (Lipinski definition) is 2. The monoisotopic (exact) mass is 404 g/mol. The number of rotatable bonds is 6. The Labute approximate surface area is 164 Å². The molecule has 0 fully saturated rings. The van der Waals surface area contributed by atoms with E-state index < -0.39 is 11.9 Å². The van der Waals surface area contributed by atoms with Gasteiger partial charge in [0.05, 0.1) is 11.7 Å². The second-order valence-corrected chi connectivity index (χ2v) is 8.25. The molecule has 2 amide bonds. The van der Waals surface area contributed by atoms with Gasteiger partial charge in [0.25, 0.3) is 5.56 Å². The van der Waals surface area contributed by atoms with E-state index in [4.69, 9.17) is 0 Å². The van der Waals surface area contributed by atoms with Gasteiger partial charge >= 0.3 is 0 Å². The summed E-state index contributed by atoms with van der Waals surface area (Å²) in [6.07, 6.45) is 1.38. The minimum absolute atomic E-state index is 0.190. The lowest BCUT2D eigenvalue weighted by Gasteiger charge is -2.13. The Hall–Kier alpha value is -2.52. The van der Waals surface area contributed by atoms with E-state index in [2.05, 4.69) is 15.6 Å². The fraction of sp³-hybridized carbons (Fsp3) is 0.333. The molecule has 3 heterocycles. The smallest absolute Gasteiger partial charge is 0.263 e. The van der Waals surface area contributed by atoms with Crippen LogP contribution in [-0.4, -0.2) is 34.0 Å². The molecule has 0 bridgehead atoms. The van der Waals surface area contributed by atoms with E-state index in [1.54, 1.807) is 25.2 Å². The lowest BCUT2D eigenvalue weighted by atomic mass is 10.2. The van der Waals surface area contributed by atoms with E-state index >= 15 is 0 Å². The molecule has 7 nitrogen and oxygen atoms in total. The third-order valence-electron chi connectivity index (χ3n) is 4.00. The summed E-state index contributed by atoms with van der Waals surface area (Å²) in [4.78, 5) is 44.0. The standard InChI is InChI=1S/C18H20N4O3S2/c1-4-19-16(24)11(3)21-14(23)7-22-9-20-17-15(18(22)25)12(8-26-17)13-6-5-10(2)27-13/h5-6,8-9,11H,4,7H2,1-3H3,(H,19,24)(H,21,23)/t11-/m1/s1. The molecule has 0 aliphatic carbocycles. The van der Waals surface area contributed by atoms with E-state index in [9.17, 15) is 14.4 Å². The van der Waals surface area contributed by atoms with Crippen LogP contribution in [0.2, 0.25) is 0 Å². The fourth-order valence-corrected chi connectivity index (χ4v) is 4.54. The van der Waals surface area contributed by atoms with E-state index in [1.807, 2.05) is 24.4 Å². The zero-order valence-corrected chi connectivity index (χ0v) is 16.9. The molecule has 0 unspecified atom stereocenters. The predicted octanol–water partition coefficient (Wildman–Crippen LogP) is 2.14. The van der Waals surface area contributed by atoms with Crippen molar-refractivity contribution in [3.05, 3.63) is 39.1 Å². The molecule has 3 aromatic heterocycles. The molecule has 2 N–H and O–H groups in total. The van der Waals surface area contributed by atoms with Crippen molar-refractivity contribution in [1.82, 2.24) is 20.2 Å². The van der Waals surface area contributed by atoms with Gasteiger partial charge in [0, 0.05) is 27.2 Å². The summed E-state index contributed by atoms with van der Waals surface area (Å²) in [6, 6.07) is 3.32. The summed E-state index contributed by atoms with van der Waals surface area (Å²) in [5.74, 6) is -0.680. The number of aryl methyl sites for hydroxylation is 1. The van der Waals surface area contributed by atoms with Gasteiger partial charge in [-0.3, -0.25) is 19.0 Å². The Kier molecular flexibility index (Phi) is 5.71. The maximum atomic E-state index is 12.9. The van der Waals surface area contributed by atoms with Gasteiger partial charge in [-0.2, -0.15) is 0 Å². The molecule has 0 radical (unpaired) electrons. The Morgan fingerprint density at radius 1 is 1.33 bits per heavy atom. The first kappa shape index (κ1) is 19.2. The van der Waals surface area contributed by atoms with Crippen LogP contribution in [0.15, 0.2) is 28.6 Å². The van der Waals surface area contributed by atoms with Crippen LogP contribution in [-0.2, 0) is 16.1 Å². The number of amides is 2. The highest BCUT2D eigenvalue weighted by Crippen LogP contribution is 2.34. The third-order valence-corrected chi connectivity index (χ3v) is 5.92. The van der Waals surface area contributed by atoms with Crippen LogP contribution in [0, 0.1) is 6.92 Å². The Morgan fingerprint density at radius 2 is 2.11 bits per heavy atom. The lowest BCUT2D eigenvalue weighted by Crippen LogP contribution is -2.46. The van der Waals surface area contributed by atoms with E-state index in [1.165, 1.54) is 22.2 Å². The van der Waals surface area contributed by atoms with Crippen LogP contribution in [0.3, 0.4) is 0 Å². The van der Waals surface area contributed by atoms with Crippen molar-refractivity contribution in [1.29, 1.82) is 0 Å². The number of hydrogen-bond acceptors (Lipinski definition) is 6. The summed E-state index contributed by atoms with van der Waals surface area (Å²) >= 11 is 3.02. The van der Waals surface area contributed by atoms with E-state index in [-0.39, 0.29) is 18.0 Å². The molecule has 0 aromatic carbocycles. The van der Waals surface area contributed by atoms with Gasteiger partial charge in [-0.15, -0.1) is 22.7 Å².